The van der Waals surface area contributed by atoms with Crippen LogP contribution in [0.15, 0.2) is 72.8 Å². The van der Waals surface area contributed by atoms with Gasteiger partial charge < -0.3 is 4.74 Å². The van der Waals surface area contributed by atoms with Crippen LogP contribution >= 0.6 is 0 Å². The summed E-state index contributed by atoms with van der Waals surface area (Å²) in [5.41, 5.74) is 4.36. The van der Waals surface area contributed by atoms with Crippen molar-refractivity contribution in [3.05, 3.63) is 95.1 Å². The second-order valence-electron chi connectivity index (χ2n) is 5.99. The standard InChI is InChI=1S/C22H20O2/c1-16-3-11-21(12-4-16)24-22-13-7-19(8-14-22)15-18-5-9-20(10-6-18)17(2)23/h3-14H,15H2,1-2H3. The van der Waals surface area contributed by atoms with Gasteiger partial charge in [-0.15, -0.1) is 0 Å². The van der Waals surface area contributed by atoms with E-state index in [1.165, 1.54) is 16.7 Å². The van der Waals surface area contributed by atoms with Gasteiger partial charge in [0, 0.05) is 5.56 Å². The molecule has 0 atom stereocenters. The molecule has 0 fully saturated rings. The molecule has 120 valence electrons. The Labute approximate surface area is 142 Å². The molecule has 0 bridgehead atoms. The van der Waals surface area contributed by atoms with Crippen LogP contribution in [0.5, 0.6) is 11.5 Å². The third kappa shape index (κ3) is 4.11. The molecule has 0 radical (unpaired) electrons. The summed E-state index contributed by atoms with van der Waals surface area (Å²) in [7, 11) is 0. The minimum Gasteiger partial charge on any atom is -0.457 e. The Kier molecular flexibility index (Phi) is 4.76. The number of benzene rings is 3. The van der Waals surface area contributed by atoms with Crippen LogP contribution in [0.4, 0.5) is 0 Å². The Bertz CT molecular complexity index is 813. The predicted molar refractivity (Wildman–Crippen MR) is 96.9 cm³/mol. The molecule has 3 rings (SSSR count). The van der Waals surface area contributed by atoms with Crippen LogP contribution in [0.1, 0.15) is 34.0 Å². The molecule has 0 spiro atoms. The van der Waals surface area contributed by atoms with E-state index in [4.69, 9.17) is 4.74 Å². The largest absolute Gasteiger partial charge is 0.457 e. The van der Waals surface area contributed by atoms with E-state index in [0.717, 1.165) is 23.5 Å². The number of ketones is 1. The third-order valence-corrected chi connectivity index (χ3v) is 3.95. The Morgan fingerprint density at radius 1 is 0.750 bits per heavy atom. The first-order valence-corrected chi connectivity index (χ1v) is 8.03. The van der Waals surface area contributed by atoms with Crippen molar-refractivity contribution >= 4 is 5.78 Å². The molecule has 3 aromatic carbocycles. The number of carbonyl (C=O) groups excluding carboxylic acids is 1. The summed E-state index contributed by atoms with van der Waals surface area (Å²) in [5.74, 6) is 1.77. The Hall–Kier alpha value is -2.87. The molecule has 0 N–H and O–H groups in total. The maximum atomic E-state index is 11.3. The van der Waals surface area contributed by atoms with Crippen LogP contribution in [0, 0.1) is 6.92 Å². The molecule has 0 aliphatic carbocycles. The van der Waals surface area contributed by atoms with E-state index in [2.05, 4.69) is 19.1 Å². The number of ether oxygens (including phenoxy) is 1. The molecule has 0 aromatic heterocycles. The topological polar surface area (TPSA) is 26.3 Å². The highest BCUT2D eigenvalue weighted by atomic mass is 16.5. The van der Waals surface area contributed by atoms with Crippen molar-refractivity contribution in [1.82, 2.24) is 0 Å². The quantitative estimate of drug-likeness (QED) is 0.574. The monoisotopic (exact) mass is 316 g/mol. The molecule has 0 amide bonds. The molecular formula is C22H20O2. The number of aryl methyl sites for hydroxylation is 1. The summed E-state index contributed by atoms with van der Waals surface area (Å²) in [6, 6.07) is 23.9. The summed E-state index contributed by atoms with van der Waals surface area (Å²) in [6.07, 6.45) is 0.836. The first-order chi connectivity index (χ1) is 11.6. The van der Waals surface area contributed by atoms with Crippen molar-refractivity contribution in [3.8, 4) is 11.5 Å². The lowest BCUT2D eigenvalue weighted by Crippen LogP contribution is -1.93. The summed E-state index contributed by atoms with van der Waals surface area (Å²) in [4.78, 5) is 11.3. The van der Waals surface area contributed by atoms with E-state index in [1.54, 1.807) is 6.92 Å². The molecule has 0 heterocycles. The maximum absolute atomic E-state index is 11.3. The molecule has 3 aromatic rings. The molecule has 2 nitrogen and oxygen atoms in total. The fourth-order valence-corrected chi connectivity index (χ4v) is 2.51. The lowest BCUT2D eigenvalue weighted by Gasteiger charge is -2.08. The summed E-state index contributed by atoms with van der Waals surface area (Å²) in [5, 5.41) is 0. The smallest absolute Gasteiger partial charge is 0.159 e. The summed E-state index contributed by atoms with van der Waals surface area (Å²) >= 11 is 0. The second-order valence-corrected chi connectivity index (χ2v) is 5.99. The van der Waals surface area contributed by atoms with Gasteiger partial charge >= 0.3 is 0 Å². The van der Waals surface area contributed by atoms with Crippen molar-refractivity contribution in [2.75, 3.05) is 0 Å². The number of rotatable bonds is 5. The van der Waals surface area contributed by atoms with Crippen molar-refractivity contribution < 1.29 is 9.53 Å². The van der Waals surface area contributed by atoms with Gasteiger partial charge in [0.25, 0.3) is 0 Å². The minimum absolute atomic E-state index is 0.0964. The Morgan fingerprint density at radius 2 is 1.21 bits per heavy atom. The van der Waals surface area contributed by atoms with Gasteiger partial charge in [0.1, 0.15) is 11.5 Å². The molecule has 24 heavy (non-hydrogen) atoms. The molecule has 2 heteroatoms. The number of hydrogen-bond acceptors (Lipinski definition) is 2. The first kappa shape index (κ1) is 16.0. The number of hydrogen-bond donors (Lipinski definition) is 0. The van der Waals surface area contributed by atoms with Crippen molar-refractivity contribution in [2.24, 2.45) is 0 Å². The molecule has 0 aliphatic rings. The molecule has 0 saturated heterocycles. The highest BCUT2D eigenvalue weighted by Gasteiger charge is 2.02. The van der Waals surface area contributed by atoms with E-state index in [-0.39, 0.29) is 5.78 Å². The molecule has 0 aliphatic heterocycles. The van der Waals surface area contributed by atoms with Gasteiger partial charge in [-0.25, -0.2) is 0 Å². The highest BCUT2D eigenvalue weighted by molar-refractivity contribution is 5.94. The fourth-order valence-electron chi connectivity index (χ4n) is 2.51. The average Bonchev–Trinajstić information content (AvgIpc) is 2.59. The normalized spacial score (nSPS) is 10.4. The van der Waals surface area contributed by atoms with Crippen LogP contribution in [0.3, 0.4) is 0 Å². The Morgan fingerprint density at radius 3 is 1.71 bits per heavy atom. The summed E-state index contributed by atoms with van der Waals surface area (Å²) in [6.45, 7) is 3.64. The van der Waals surface area contributed by atoms with Gasteiger partial charge in [0.2, 0.25) is 0 Å². The van der Waals surface area contributed by atoms with Crippen LogP contribution < -0.4 is 4.74 Å². The van der Waals surface area contributed by atoms with E-state index >= 15 is 0 Å². The van der Waals surface area contributed by atoms with Gasteiger partial charge in [-0.3, -0.25) is 4.79 Å². The van der Waals surface area contributed by atoms with E-state index < -0.39 is 0 Å². The van der Waals surface area contributed by atoms with Gasteiger partial charge in [-0.2, -0.15) is 0 Å². The van der Waals surface area contributed by atoms with Crippen LogP contribution in [0.25, 0.3) is 0 Å². The van der Waals surface area contributed by atoms with Crippen molar-refractivity contribution in [2.45, 2.75) is 20.3 Å². The zero-order valence-electron chi connectivity index (χ0n) is 14.0. The van der Waals surface area contributed by atoms with Crippen LogP contribution in [-0.4, -0.2) is 5.78 Å². The predicted octanol–water partition coefficient (Wildman–Crippen LogP) is 5.58. The van der Waals surface area contributed by atoms with Gasteiger partial charge in [0.15, 0.2) is 5.78 Å². The zero-order chi connectivity index (χ0) is 16.9. The zero-order valence-corrected chi connectivity index (χ0v) is 14.0. The van der Waals surface area contributed by atoms with Gasteiger partial charge in [-0.05, 0) is 55.7 Å². The first-order valence-electron chi connectivity index (χ1n) is 8.03. The molecular weight excluding hydrogens is 296 g/mol. The van der Waals surface area contributed by atoms with Gasteiger partial charge in [0.05, 0.1) is 0 Å². The van der Waals surface area contributed by atoms with Crippen LogP contribution in [-0.2, 0) is 6.42 Å². The van der Waals surface area contributed by atoms with E-state index in [9.17, 15) is 4.79 Å². The van der Waals surface area contributed by atoms with E-state index in [1.807, 2.05) is 60.7 Å². The highest BCUT2D eigenvalue weighted by Crippen LogP contribution is 2.22. The minimum atomic E-state index is 0.0964. The lowest BCUT2D eigenvalue weighted by atomic mass is 10.0. The second kappa shape index (κ2) is 7.14. The van der Waals surface area contributed by atoms with Crippen molar-refractivity contribution in [3.63, 3.8) is 0 Å². The Balaban J connectivity index is 1.65. The van der Waals surface area contributed by atoms with Gasteiger partial charge in [-0.1, -0.05) is 54.1 Å². The molecule has 0 saturated carbocycles. The van der Waals surface area contributed by atoms with Crippen LogP contribution in [0.2, 0.25) is 0 Å². The van der Waals surface area contributed by atoms with Crippen molar-refractivity contribution in [1.29, 1.82) is 0 Å². The SMILES string of the molecule is CC(=O)c1ccc(Cc2ccc(Oc3ccc(C)cc3)cc2)cc1. The van der Waals surface area contributed by atoms with E-state index in [0.29, 0.717) is 0 Å². The number of Topliss-reactive ketones (excluding diaryl/α,β-unsaturated/α-hetero) is 1. The number of carbonyl (C=O) groups is 1. The lowest BCUT2D eigenvalue weighted by molar-refractivity contribution is 0.101. The average molecular weight is 316 g/mol. The fraction of sp³-hybridized carbons (Fsp3) is 0.136. The third-order valence-electron chi connectivity index (χ3n) is 3.95. The molecule has 0 unspecified atom stereocenters. The summed E-state index contributed by atoms with van der Waals surface area (Å²) < 4.78 is 5.84. The maximum Gasteiger partial charge on any atom is 0.159 e.